The van der Waals surface area contributed by atoms with Crippen molar-refractivity contribution in [1.29, 1.82) is 0 Å². The number of amides is 2. The number of nitrogens with zero attached hydrogens (tertiary/aromatic N) is 1. The highest BCUT2D eigenvalue weighted by atomic mass is 32.2. The maximum atomic E-state index is 14.1. The molecule has 3 rings (SSSR count). The third-order valence-corrected chi connectivity index (χ3v) is 6.58. The molecule has 0 atom stereocenters. The fourth-order valence-corrected chi connectivity index (χ4v) is 4.20. The Kier molecular flexibility index (Phi) is 7.27. The van der Waals surface area contributed by atoms with E-state index in [0.717, 1.165) is 25.0 Å². The first-order valence-electron chi connectivity index (χ1n) is 10.4. The zero-order valence-corrected chi connectivity index (χ0v) is 19.6. The van der Waals surface area contributed by atoms with E-state index >= 15 is 0 Å². The van der Waals surface area contributed by atoms with Crippen LogP contribution in [0.3, 0.4) is 0 Å². The van der Waals surface area contributed by atoms with Gasteiger partial charge in [0.15, 0.2) is 0 Å². The van der Waals surface area contributed by atoms with Crippen LogP contribution in [0.1, 0.15) is 53.9 Å². The Hall–Kier alpha value is -3.32. The maximum Gasteiger partial charge on any atom is 0.460 e. The van der Waals surface area contributed by atoms with Crippen LogP contribution >= 0.6 is 0 Å². The molecule has 0 fully saturated rings. The van der Waals surface area contributed by atoms with Gasteiger partial charge < -0.3 is 0 Å². The summed E-state index contributed by atoms with van der Waals surface area (Å²) in [7, 11) is -7.53. The highest BCUT2D eigenvalue weighted by Crippen LogP contribution is 2.55. The minimum atomic E-state index is -7.61. The normalized spacial score (nSPS) is 15.1. The lowest BCUT2D eigenvalue weighted by atomic mass is 9.92. The topological polar surface area (TPSA) is 80.8 Å². The molecule has 1 aliphatic heterocycles. The summed E-state index contributed by atoms with van der Waals surface area (Å²) in [4.78, 5) is 25.5. The molecule has 6 nitrogen and oxygen atoms in total. The van der Waals surface area contributed by atoms with E-state index in [2.05, 4.69) is 16.1 Å². The third kappa shape index (κ3) is 4.37. The number of hydrogen-bond donors (Lipinski definition) is 0. The molecule has 0 unspecified atom stereocenters. The molecule has 0 aliphatic carbocycles. The number of halogens is 9. The van der Waals surface area contributed by atoms with Gasteiger partial charge in [-0.2, -0.15) is 47.9 Å². The predicted molar refractivity (Wildman–Crippen MR) is 114 cm³/mol. The molecule has 2 amide bonds. The molecule has 208 valence electrons. The number of alkyl halides is 9. The highest BCUT2D eigenvalue weighted by Gasteiger charge is 2.86. The van der Waals surface area contributed by atoms with Gasteiger partial charge in [-0.05, 0) is 30.0 Å². The molecule has 16 heteroatoms. The number of carbonyl (C=O) groups is 2. The lowest BCUT2D eigenvalue weighted by Gasteiger charge is -2.33. The Morgan fingerprint density at radius 3 is 2.03 bits per heavy atom. The number of rotatable bonds is 7. The molecule has 1 aliphatic rings. The molecule has 38 heavy (non-hydrogen) atoms. The predicted octanol–water partition coefficient (Wildman–Crippen LogP) is 5.91. The van der Waals surface area contributed by atoms with Crippen LogP contribution in [0.5, 0.6) is 0 Å². The number of imide groups is 1. The second-order valence-electron chi connectivity index (χ2n) is 7.89. The first kappa shape index (κ1) is 29.2. The van der Waals surface area contributed by atoms with Crippen LogP contribution < -0.4 is 0 Å². The molecule has 0 saturated carbocycles. The summed E-state index contributed by atoms with van der Waals surface area (Å²) in [5, 5.41) is -8.14. The number of carbonyl (C=O) groups excluding carboxylic acids is 2. The standard InChI is InChI=1S/C22H14F9NO5S.H2/c1-2-3-4-5-7-12-10-11-15-16-13(12)8-6-9-14(16)17(33)32(18(15)34)37-38(35,36)22(30,31)20(25,26)19(23,24)21(27,28)29;/h6,8-11H,2-4H2,1H3;1H/i;1+2. The lowest BCUT2D eigenvalue weighted by Crippen LogP contribution is -2.64. The Morgan fingerprint density at radius 1 is 0.895 bits per heavy atom. The van der Waals surface area contributed by atoms with E-state index in [-0.39, 0.29) is 12.2 Å². The van der Waals surface area contributed by atoms with Crippen LogP contribution in [0.2, 0.25) is 0 Å². The fraction of sp³-hybridized carbons (Fsp3) is 0.364. The monoisotopic (exact) mass is 579 g/mol. The van der Waals surface area contributed by atoms with Crippen LogP contribution in [0.15, 0.2) is 30.3 Å². The average Bonchev–Trinajstić information content (AvgIpc) is 2.82. The Balaban J connectivity index is 0.00000533. The van der Waals surface area contributed by atoms with Gasteiger partial charge in [-0.15, -0.1) is 9.35 Å². The maximum absolute atomic E-state index is 14.1. The fourth-order valence-electron chi connectivity index (χ4n) is 3.34. The van der Waals surface area contributed by atoms with Crippen molar-refractivity contribution < 1.29 is 63.2 Å². The van der Waals surface area contributed by atoms with Gasteiger partial charge in [0.05, 0.1) is 11.1 Å². The Morgan fingerprint density at radius 2 is 1.47 bits per heavy atom. The molecule has 0 spiro atoms. The van der Waals surface area contributed by atoms with E-state index in [1.54, 1.807) is 0 Å². The number of unbranched alkanes of at least 4 members (excludes halogenated alkanes) is 2. The molecule has 0 N–H and O–H groups in total. The van der Waals surface area contributed by atoms with Gasteiger partial charge in [-0.1, -0.05) is 37.3 Å². The van der Waals surface area contributed by atoms with Crippen LogP contribution in [0.25, 0.3) is 10.8 Å². The summed E-state index contributed by atoms with van der Waals surface area (Å²) >= 11 is 0. The quantitative estimate of drug-likeness (QED) is 0.176. The summed E-state index contributed by atoms with van der Waals surface area (Å²) in [6.45, 7) is 1.92. The summed E-state index contributed by atoms with van der Waals surface area (Å²) in [5.41, 5.74) is -0.801. The van der Waals surface area contributed by atoms with Crippen LogP contribution in [0, 0.1) is 11.8 Å². The first-order valence-corrected chi connectivity index (χ1v) is 11.8. The summed E-state index contributed by atoms with van der Waals surface area (Å²) in [5.74, 6) is -13.1. The molecular formula is C22H16F9NO5S. The van der Waals surface area contributed by atoms with E-state index in [1.165, 1.54) is 18.2 Å². The van der Waals surface area contributed by atoms with Gasteiger partial charge in [0.1, 0.15) is 0 Å². The van der Waals surface area contributed by atoms with Gasteiger partial charge in [-0.3, -0.25) is 9.59 Å². The Bertz CT molecular complexity index is 1460. The van der Waals surface area contributed by atoms with E-state index in [9.17, 15) is 57.5 Å². The first-order chi connectivity index (χ1) is 17.3. The van der Waals surface area contributed by atoms with Crippen LogP contribution in [-0.2, 0) is 14.4 Å². The molecule has 2 aromatic carbocycles. The summed E-state index contributed by atoms with van der Waals surface area (Å²) in [6, 6.07) is 5.83. The van der Waals surface area contributed by atoms with Crippen LogP contribution in [-0.4, -0.2) is 48.6 Å². The highest BCUT2D eigenvalue weighted by molar-refractivity contribution is 7.87. The number of hydroxylamine groups is 2. The lowest BCUT2D eigenvalue weighted by molar-refractivity contribution is -0.383. The van der Waals surface area contributed by atoms with Gasteiger partial charge in [0.2, 0.25) is 0 Å². The number of hydrogen-bond acceptors (Lipinski definition) is 5. The molecule has 2 aromatic rings. The minimum absolute atomic E-state index is 0. The minimum Gasteiger partial charge on any atom is -0.266 e. The molecule has 1 heterocycles. The summed E-state index contributed by atoms with van der Waals surface area (Å²) < 4.78 is 146. The van der Waals surface area contributed by atoms with E-state index in [1.807, 2.05) is 6.92 Å². The van der Waals surface area contributed by atoms with E-state index < -0.39 is 61.4 Å². The van der Waals surface area contributed by atoms with Crippen molar-refractivity contribution in [3.63, 3.8) is 0 Å². The van der Waals surface area contributed by atoms with Crippen molar-refractivity contribution in [1.82, 2.24) is 5.06 Å². The largest absolute Gasteiger partial charge is 0.460 e. The third-order valence-electron chi connectivity index (χ3n) is 5.35. The van der Waals surface area contributed by atoms with Gasteiger partial charge in [0, 0.05) is 18.8 Å². The van der Waals surface area contributed by atoms with Crippen LogP contribution in [0.4, 0.5) is 39.5 Å². The molecular weight excluding hydrogens is 561 g/mol. The molecule has 0 saturated heterocycles. The molecule has 0 radical (unpaired) electrons. The zero-order chi connectivity index (χ0) is 28.9. The van der Waals surface area contributed by atoms with E-state index in [4.69, 9.17) is 0 Å². The summed E-state index contributed by atoms with van der Waals surface area (Å²) in [6.07, 6.45) is -5.19. The van der Waals surface area contributed by atoms with Crippen molar-refractivity contribution >= 4 is 32.7 Å². The van der Waals surface area contributed by atoms with Gasteiger partial charge >= 0.3 is 33.4 Å². The van der Waals surface area contributed by atoms with Crippen molar-refractivity contribution in [2.45, 2.75) is 49.5 Å². The molecule has 0 bridgehead atoms. The van der Waals surface area contributed by atoms with Gasteiger partial charge in [0.25, 0.3) is 11.8 Å². The van der Waals surface area contributed by atoms with Crippen molar-refractivity contribution in [2.75, 3.05) is 0 Å². The Labute approximate surface area is 209 Å². The van der Waals surface area contributed by atoms with Crippen molar-refractivity contribution in [3.05, 3.63) is 47.0 Å². The molecule has 0 aromatic heterocycles. The second kappa shape index (κ2) is 9.45. The van der Waals surface area contributed by atoms with E-state index in [0.29, 0.717) is 12.0 Å². The zero-order valence-electron chi connectivity index (χ0n) is 18.8. The van der Waals surface area contributed by atoms with Crippen molar-refractivity contribution in [3.8, 4) is 11.8 Å². The van der Waals surface area contributed by atoms with Gasteiger partial charge in [-0.25, -0.2) is 0 Å². The average molecular weight is 579 g/mol. The second-order valence-corrected chi connectivity index (χ2v) is 9.46. The smallest absolute Gasteiger partial charge is 0.266 e. The number of benzene rings is 2. The van der Waals surface area contributed by atoms with Crippen molar-refractivity contribution in [2.24, 2.45) is 0 Å². The SMILES string of the molecule is CCCCC#Cc1ccc2c3c(cccc13)C(=O)N(OS(=O)(=O)C(F)(F)C(F)(F)C(F)(F)C(F)(F)F)C2=O.[3HH].